The number of hydrogen-bond acceptors (Lipinski definition) is 2. The lowest BCUT2D eigenvalue weighted by Crippen LogP contribution is -2.12. The number of rotatable bonds is 8. The predicted molar refractivity (Wildman–Crippen MR) is 109 cm³/mol. The Kier molecular flexibility index (Phi) is 7.08. The van der Waals surface area contributed by atoms with E-state index in [1.807, 2.05) is 0 Å². The second-order valence-electron chi connectivity index (χ2n) is 6.68. The monoisotopic (exact) mass is 368 g/mol. The SMILES string of the molecule is CCOc1cc(C[S+]2CCCC2)c(OCC)cc1C[S+]1CCCC1. The van der Waals surface area contributed by atoms with E-state index in [0.29, 0.717) is 21.8 Å². The highest BCUT2D eigenvalue weighted by atomic mass is 32.2. The predicted octanol–water partition coefficient (Wildman–Crippen LogP) is 4.31. The Balaban J connectivity index is 1.84. The summed E-state index contributed by atoms with van der Waals surface area (Å²) in [4.78, 5) is 0. The Hall–Kier alpha value is -0.480. The fraction of sp³-hybridized carbons (Fsp3) is 0.700. The average molecular weight is 369 g/mol. The van der Waals surface area contributed by atoms with Gasteiger partial charge in [-0.05, 0) is 73.5 Å². The third-order valence-electron chi connectivity index (χ3n) is 4.79. The summed E-state index contributed by atoms with van der Waals surface area (Å²) < 4.78 is 12.1. The van der Waals surface area contributed by atoms with Crippen LogP contribution >= 0.6 is 0 Å². The Labute approximate surface area is 153 Å². The van der Waals surface area contributed by atoms with Crippen molar-refractivity contribution >= 4 is 21.8 Å². The van der Waals surface area contributed by atoms with Crippen LogP contribution in [0.15, 0.2) is 12.1 Å². The molecule has 134 valence electrons. The van der Waals surface area contributed by atoms with Gasteiger partial charge in [0.05, 0.1) is 13.2 Å². The molecular formula is C20H32O2S2+2. The summed E-state index contributed by atoms with van der Waals surface area (Å²) in [7, 11) is 1.10. The van der Waals surface area contributed by atoms with Gasteiger partial charge >= 0.3 is 0 Å². The second-order valence-corrected chi connectivity index (χ2v) is 11.3. The first-order valence-electron chi connectivity index (χ1n) is 9.49. The Morgan fingerprint density at radius 2 is 1.08 bits per heavy atom. The normalized spacial score (nSPS) is 19.1. The van der Waals surface area contributed by atoms with Gasteiger partial charge < -0.3 is 9.47 Å². The van der Waals surface area contributed by atoms with Gasteiger partial charge in [0.2, 0.25) is 0 Å². The summed E-state index contributed by atoms with van der Waals surface area (Å²) in [6.45, 7) is 5.69. The lowest BCUT2D eigenvalue weighted by molar-refractivity contribution is 0.326. The Morgan fingerprint density at radius 1 is 0.708 bits per heavy atom. The van der Waals surface area contributed by atoms with E-state index in [9.17, 15) is 0 Å². The van der Waals surface area contributed by atoms with E-state index < -0.39 is 0 Å². The second kappa shape index (κ2) is 9.28. The molecule has 0 amide bonds. The van der Waals surface area contributed by atoms with Crippen molar-refractivity contribution in [1.29, 1.82) is 0 Å². The smallest absolute Gasteiger partial charge is 0.136 e. The molecule has 2 aliphatic heterocycles. The molecule has 0 bridgehead atoms. The van der Waals surface area contributed by atoms with Crippen molar-refractivity contribution < 1.29 is 9.47 Å². The zero-order valence-electron chi connectivity index (χ0n) is 15.3. The maximum atomic E-state index is 6.04. The number of benzene rings is 1. The molecule has 2 fully saturated rings. The molecule has 2 nitrogen and oxygen atoms in total. The van der Waals surface area contributed by atoms with Gasteiger partial charge in [-0.15, -0.1) is 0 Å². The molecule has 3 rings (SSSR count). The standard InChI is InChI=1S/C20H32O2S2/c1-3-21-19-13-18(16-24-11-7-8-12-24)20(22-4-2)14-17(19)15-23-9-5-6-10-23/h13-14H,3-12,15-16H2,1-2H3/q+2. The van der Waals surface area contributed by atoms with Crippen LogP contribution in [0.1, 0.15) is 50.7 Å². The van der Waals surface area contributed by atoms with Crippen molar-refractivity contribution in [2.45, 2.75) is 51.0 Å². The molecule has 0 saturated carbocycles. The van der Waals surface area contributed by atoms with Gasteiger partial charge in [0.15, 0.2) is 0 Å². The van der Waals surface area contributed by atoms with Crippen LogP contribution in [0.5, 0.6) is 11.5 Å². The molecule has 1 aromatic rings. The highest BCUT2D eigenvalue weighted by Crippen LogP contribution is 2.34. The average Bonchev–Trinajstić information content (AvgIpc) is 3.25. The fourth-order valence-electron chi connectivity index (χ4n) is 3.61. The number of ether oxygens (including phenoxy) is 2. The maximum absolute atomic E-state index is 6.04. The molecule has 0 aliphatic carbocycles. The van der Waals surface area contributed by atoms with Crippen LogP contribution in [-0.4, -0.2) is 36.2 Å². The third-order valence-corrected chi connectivity index (χ3v) is 9.70. The first kappa shape index (κ1) is 18.3. The third kappa shape index (κ3) is 4.78. The molecule has 0 spiro atoms. The minimum Gasteiger partial charge on any atom is -0.493 e. The highest BCUT2D eigenvalue weighted by Gasteiger charge is 2.29. The molecule has 0 radical (unpaired) electrons. The number of hydrogen-bond donors (Lipinski definition) is 0. The van der Waals surface area contributed by atoms with Crippen LogP contribution in [0, 0.1) is 0 Å². The Bertz CT molecular complexity index is 473. The van der Waals surface area contributed by atoms with E-state index >= 15 is 0 Å². The lowest BCUT2D eigenvalue weighted by atomic mass is 10.1. The van der Waals surface area contributed by atoms with E-state index in [-0.39, 0.29) is 0 Å². The van der Waals surface area contributed by atoms with Crippen LogP contribution in [-0.2, 0) is 33.3 Å². The molecule has 2 heterocycles. The molecule has 24 heavy (non-hydrogen) atoms. The van der Waals surface area contributed by atoms with Gasteiger partial charge in [0.25, 0.3) is 0 Å². The van der Waals surface area contributed by atoms with Crippen molar-refractivity contribution in [3.63, 3.8) is 0 Å². The van der Waals surface area contributed by atoms with Crippen molar-refractivity contribution in [2.24, 2.45) is 0 Å². The summed E-state index contributed by atoms with van der Waals surface area (Å²) in [6, 6.07) is 4.63. The van der Waals surface area contributed by atoms with Crippen LogP contribution in [0.25, 0.3) is 0 Å². The van der Waals surface area contributed by atoms with E-state index in [1.165, 1.54) is 71.3 Å². The minimum atomic E-state index is 0.551. The molecule has 0 N–H and O–H groups in total. The van der Waals surface area contributed by atoms with Crippen molar-refractivity contribution in [1.82, 2.24) is 0 Å². The summed E-state index contributed by atoms with van der Waals surface area (Å²) in [5, 5.41) is 0. The summed E-state index contributed by atoms with van der Waals surface area (Å²) in [5.41, 5.74) is 2.76. The molecule has 1 aromatic carbocycles. The molecule has 4 heteroatoms. The van der Waals surface area contributed by atoms with E-state index in [0.717, 1.165) is 24.7 Å². The molecule has 0 aromatic heterocycles. The molecule has 0 atom stereocenters. The van der Waals surface area contributed by atoms with Gasteiger partial charge in [-0.1, -0.05) is 0 Å². The van der Waals surface area contributed by atoms with E-state index in [2.05, 4.69) is 26.0 Å². The fourth-order valence-corrected chi connectivity index (χ4v) is 8.37. The first-order chi connectivity index (χ1) is 11.8. The van der Waals surface area contributed by atoms with E-state index in [1.54, 1.807) is 0 Å². The largest absolute Gasteiger partial charge is 0.493 e. The summed E-state index contributed by atoms with van der Waals surface area (Å²) in [5.74, 6) is 10.2. The molecule has 2 saturated heterocycles. The maximum Gasteiger partial charge on any atom is 0.136 e. The van der Waals surface area contributed by atoms with Crippen LogP contribution < -0.4 is 9.47 Å². The van der Waals surface area contributed by atoms with Gasteiger partial charge in [-0.2, -0.15) is 0 Å². The topological polar surface area (TPSA) is 18.5 Å². The minimum absolute atomic E-state index is 0.551. The zero-order chi connectivity index (χ0) is 16.8. The first-order valence-corrected chi connectivity index (χ1v) is 13.0. The zero-order valence-corrected chi connectivity index (χ0v) is 16.9. The highest BCUT2D eigenvalue weighted by molar-refractivity contribution is 7.96. The van der Waals surface area contributed by atoms with E-state index in [4.69, 9.17) is 9.47 Å². The Morgan fingerprint density at radius 3 is 1.42 bits per heavy atom. The van der Waals surface area contributed by atoms with Gasteiger partial charge in [-0.25, -0.2) is 0 Å². The van der Waals surface area contributed by atoms with Gasteiger partial charge in [0, 0.05) is 11.1 Å². The van der Waals surface area contributed by atoms with Crippen LogP contribution in [0.3, 0.4) is 0 Å². The van der Waals surface area contributed by atoms with Crippen molar-refractivity contribution in [3.05, 3.63) is 23.3 Å². The van der Waals surface area contributed by atoms with Gasteiger partial charge in [0.1, 0.15) is 46.0 Å². The molecular weight excluding hydrogens is 336 g/mol. The lowest BCUT2D eigenvalue weighted by Gasteiger charge is -2.16. The van der Waals surface area contributed by atoms with Crippen molar-refractivity contribution in [3.8, 4) is 11.5 Å². The van der Waals surface area contributed by atoms with Gasteiger partial charge in [-0.3, -0.25) is 0 Å². The van der Waals surface area contributed by atoms with Crippen molar-refractivity contribution in [2.75, 3.05) is 36.2 Å². The molecule has 0 unspecified atom stereocenters. The quantitative estimate of drug-likeness (QED) is 0.637. The van der Waals surface area contributed by atoms with Crippen LogP contribution in [0.4, 0.5) is 0 Å². The molecule has 2 aliphatic rings. The van der Waals surface area contributed by atoms with Crippen LogP contribution in [0.2, 0.25) is 0 Å². The summed E-state index contributed by atoms with van der Waals surface area (Å²) in [6.07, 6.45) is 5.64. The summed E-state index contributed by atoms with van der Waals surface area (Å²) >= 11 is 0.